The SMILES string of the molecule is CCSc1ccc(C(C)CN2CCNCC2)cc1. The minimum absolute atomic E-state index is 0.628. The molecule has 0 amide bonds. The van der Waals surface area contributed by atoms with Crippen LogP contribution in [0.15, 0.2) is 29.2 Å². The topological polar surface area (TPSA) is 15.3 Å². The molecule has 1 fully saturated rings. The van der Waals surface area contributed by atoms with E-state index in [1.54, 1.807) is 0 Å². The summed E-state index contributed by atoms with van der Waals surface area (Å²) in [7, 11) is 0. The molecule has 1 heterocycles. The van der Waals surface area contributed by atoms with Crippen LogP contribution in [-0.2, 0) is 0 Å². The molecule has 18 heavy (non-hydrogen) atoms. The van der Waals surface area contributed by atoms with E-state index in [2.05, 4.69) is 48.3 Å². The maximum Gasteiger partial charge on any atom is 0.0108 e. The van der Waals surface area contributed by atoms with Crippen LogP contribution in [0.4, 0.5) is 0 Å². The van der Waals surface area contributed by atoms with Crippen LogP contribution in [-0.4, -0.2) is 43.4 Å². The number of nitrogens with zero attached hydrogens (tertiary/aromatic N) is 1. The molecule has 0 bridgehead atoms. The summed E-state index contributed by atoms with van der Waals surface area (Å²) in [5.41, 5.74) is 1.47. The normalized spacial score (nSPS) is 18.8. The maximum atomic E-state index is 3.40. The van der Waals surface area contributed by atoms with Crippen LogP contribution in [0.25, 0.3) is 0 Å². The lowest BCUT2D eigenvalue weighted by atomic mass is 10.0. The average Bonchev–Trinajstić information content (AvgIpc) is 2.41. The lowest BCUT2D eigenvalue weighted by molar-refractivity contribution is 0.230. The predicted molar refractivity (Wildman–Crippen MR) is 80.6 cm³/mol. The summed E-state index contributed by atoms with van der Waals surface area (Å²) in [5.74, 6) is 1.78. The Bertz CT molecular complexity index is 344. The van der Waals surface area contributed by atoms with Crippen molar-refractivity contribution >= 4 is 11.8 Å². The Kier molecular flexibility index (Phi) is 5.54. The van der Waals surface area contributed by atoms with E-state index in [4.69, 9.17) is 0 Å². The molecular weight excluding hydrogens is 240 g/mol. The van der Waals surface area contributed by atoms with E-state index in [0.717, 1.165) is 18.8 Å². The van der Waals surface area contributed by atoms with Gasteiger partial charge in [0, 0.05) is 37.6 Å². The van der Waals surface area contributed by atoms with Gasteiger partial charge < -0.3 is 10.2 Å². The number of thioether (sulfide) groups is 1. The van der Waals surface area contributed by atoms with Crippen molar-refractivity contribution in [3.63, 3.8) is 0 Å². The molecular formula is C15H24N2S. The van der Waals surface area contributed by atoms with Crippen molar-refractivity contribution in [2.75, 3.05) is 38.5 Å². The highest BCUT2D eigenvalue weighted by molar-refractivity contribution is 7.99. The number of hydrogen-bond acceptors (Lipinski definition) is 3. The van der Waals surface area contributed by atoms with E-state index in [1.807, 2.05) is 11.8 Å². The third-order valence-corrected chi connectivity index (χ3v) is 4.40. The molecule has 3 heteroatoms. The van der Waals surface area contributed by atoms with Crippen LogP contribution in [0.1, 0.15) is 25.3 Å². The van der Waals surface area contributed by atoms with Crippen LogP contribution in [0.3, 0.4) is 0 Å². The van der Waals surface area contributed by atoms with Gasteiger partial charge in [0.05, 0.1) is 0 Å². The average molecular weight is 264 g/mol. The van der Waals surface area contributed by atoms with Gasteiger partial charge in [-0.05, 0) is 29.4 Å². The zero-order valence-electron chi connectivity index (χ0n) is 11.5. The first-order valence-electron chi connectivity index (χ1n) is 6.95. The smallest absolute Gasteiger partial charge is 0.0108 e. The summed E-state index contributed by atoms with van der Waals surface area (Å²) in [6.07, 6.45) is 0. The molecule has 0 spiro atoms. The van der Waals surface area contributed by atoms with Gasteiger partial charge in [-0.3, -0.25) is 0 Å². The summed E-state index contributed by atoms with van der Waals surface area (Å²) in [5, 5.41) is 3.40. The van der Waals surface area contributed by atoms with Gasteiger partial charge in [0.2, 0.25) is 0 Å². The second kappa shape index (κ2) is 7.17. The second-order valence-electron chi connectivity index (χ2n) is 4.95. The molecule has 1 N–H and O–H groups in total. The van der Waals surface area contributed by atoms with Crippen molar-refractivity contribution in [1.82, 2.24) is 10.2 Å². The summed E-state index contributed by atoms with van der Waals surface area (Å²) >= 11 is 1.91. The zero-order valence-corrected chi connectivity index (χ0v) is 12.3. The Hall–Kier alpha value is -0.510. The lowest BCUT2D eigenvalue weighted by Gasteiger charge is -2.29. The second-order valence-corrected chi connectivity index (χ2v) is 6.29. The van der Waals surface area contributed by atoms with Crippen LogP contribution in [0, 0.1) is 0 Å². The molecule has 1 aliphatic heterocycles. The largest absolute Gasteiger partial charge is 0.314 e. The highest BCUT2D eigenvalue weighted by Gasteiger charge is 2.14. The van der Waals surface area contributed by atoms with Gasteiger partial charge in [-0.2, -0.15) is 0 Å². The fraction of sp³-hybridized carbons (Fsp3) is 0.600. The van der Waals surface area contributed by atoms with Crippen LogP contribution < -0.4 is 5.32 Å². The van der Waals surface area contributed by atoms with Gasteiger partial charge in [-0.25, -0.2) is 0 Å². The first-order valence-corrected chi connectivity index (χ1v) is 7.94. The van der Waals surface area contributed by atoms with E-state index < -0.39 is 0 Å². The van der Waals surface area contributed by atoms with Crippen molar-refractivity contribution < 1.29 is 0 Å². The van der Waals surface area contributed by atoms with Gasteiger partial charge in [0.15, 0.2) is 0 Å². The third-order valence-electron chi connectivity index (χ3n) is 3.50. The molecule has 2 rings (SSSR count). The quantitative estimate of drug-likeness (QED) is 0.823. The molecule has 1 saturated heterocycles. The zero-order chi connectivity index (χ0) is 12.8. The summed E-state index contributed by atoms with van der Waals surface area (Å²) < 4.78 is 0. The molecule has 0 aliphatic carbocycles. The van der Waals surface area contributed by atoms with E-state index >= 15 is 0 Å². The summed E-state index contributed by atoms with van der Waals surface area (Å²) in [4.78, 5) is 3.95. The summed E-state index contributed by atoms with van der Waals surface area (Å²) in [6, 6.07) is 9.12. The number of hydrogen-bond donors (Lipinski definition) is 1. The number of benzene rings is 1. The molecule has 1 aromatic carbocycles. The van der Waals surface area contributed by atoms with Crippen molar-refractivity contribution in [1.29, 1.82) is 0 Å². The predicted octanol–water partition coefficient (Wildman–Crippen LogP) is 2.81. The molecule has 1 atom stereocenters. The molecule has 1 aromatic rings. The van der Waals surface area contributed by atoms with Crippen molar-refractivity contribution in [2.45, 2.75) is 24.7 Å². The molecule has 1 aliphatic rings. The Morgan fingerprint density at radius 3 is 2.50 bits per heavy atom. The Morgan fingerprint density at radius 2 is 1.89 bits per heavy atom. The molecule has 0 aromatic heterocycles. The van der Waals surface area contributed by atoms with Crippen LogP contribution in [0.5, 0.6) is 0 Å². The fourth-order valence-electron chi connectivity index (χ4n) is 2.45. The van der Waals surface area contributed by atoms with Gasteiger partial charge >= 0.3 is 0 Å². The highest BCUT2D eigenvalue weighted by atomic mass is 32.2. The lowest BCUT2D eigenvalue weighted by Crippen LogP contribution is -2.44. The fourth-order valence-corrected chi connectivity index (χ4v) is 3.11. The number of piperazine rings is 1. The standard InChI is InChI=1S/C15H24N2S/c1-3-18-15-6-4-14(5-7-15)13(2)12-17-10-8-16-9-11-17/h4-7,13,16H,3,8-12H2,1-2H3. The highest BCUT2D eigenvalue weighted by Crippen LogP contribution is 2.22. The van der Waals surface area contributed by atoms with E-state index in [0.29, 0.717) is 5.92 Å². The Balaban J connectivity index is 1.89. The first kappa shape index (κ1) is 13.9. The Labute approximate surface area is 115 Å². The maximum absolute atomic E-state index is 3.40. The van der Waals surface area contributed by atoms with Crippen molar-refractivity contribution in [2.24, 2.45) is 0 Å². The van der Waals surface area contributed by atoms with E-state index in [9.17, 15) is 0 Å². The first-order chi connectivity index (χ1) is 8.79. The van der Waals surface area contributed by atoms with E-state index in [-0.39, 0.29) is 0 Å². The Morgan fingerprint density at radius 1 is 1.22 bits per heavy atom. The van der Waals surface area contributed by atoms with Crippen molar-refractivity contribution in [3.8, 4) is 0 Å². The molecule has 0 radical (unpaired) electrons. The monoisotopic (exact) mass is 264 g/mol. The molecule has 2 nitrogen and oxygen atoms in total. The third kappa shape index (κ3) is 4.01. The summed E-state index contributed by atoms with van der Waals surface area (Å²) in [6.45, 7) is 10.4. The van der Waals surface area contributed by atoms with Gasteiger partial charge in [-0.15, -0.1) is 11.8 Å². The van der Waals surface area contributed by atoms with Gasteiger partial charge in [-0.1, -0.05) is 26.0 Å². The molecule has 0 saturated carbocycles. The minimum atomic E-state index is 0.628. The van der Waals surface area contributed by atoms with Crippen molar-refractivity contribution in [3.05, 3.63) is 29.8 Å². The molecule has 100 valence electrons. The number of nitrogens with one attached hydrogen (secondary N) is 1. The van der Waals surface area contributed by atoms with Crippen LogP contribution >= 0.6 is 11.8 Å². The molecule has 1 unspecified atom stereocenters. The van der Waals surface area contributed by atoms with E-state index in [1.165, 1.54) is 30.1 Å². The number of rotatable bonds is 5. The van der Waals surface area contributed by atoms with Gasteiger partial charge in [0.25, 0.3) is 0 Å². The van der Waals surface area contributed by atoms with Gasteiger partial charge in [0.1, 0.15) is 0 Å². The minimum Gasteiger partial charge on any atom is -0.314 e. The van der Waals surface area contributed by atoms with Crippen LogP contribution in [0.2, 0.25) is 0 Å².